The molecule has 1 N–H and O–H groups in total. The summed E-state index contributed by atoms with van der Waals surface area (Å²) in [5.41, 5.74) is 1.53. The highest BCUT2D eigenvalue weighted by Crippen LogP contribution is 2.16. The molecule has 1 aromatic rings. The van der Waals surface area contributed by atoms with E-state index < -0.39 is 0 Å². The Kier molecular flexibility index (Phi) is 5.95. The number of anilines is 1. The van der Waals surface area contributed by atoms with Crippen molar-refractivity contribution in [2.75, 3.05) is 58.4 Å². The molecule has 0 unspecified atom stereocenters. The van der Waals surface area contributed by atoms with Crippen molar-refractivity contribution < 1.29 is 9.53 Å². The Morgan fingerprint density at radius 3 is 3.05 bits per heavy atom. The third kappa shape index (κ3) is 4.68. The second-order valence-electron chi connectivity index (χ2n) is 5.29. The van der Waals surface area contributed by atoms with Gasteiger partial charge < -0.3 is 19.9 Å². The molecule has 6 heteroatoms. The van der Waals surface area contributed by atoms with E-state index >= 15 is 0 Å². The summed E-state index contributed by atoms with van der Waals surface area (Å²) in [6.07, 6.45) is 2.84. The Balaban J connectivity index is 2.01. The highest BCUT2D eigenvalue weighted by Gasteiger charge is 2.14. The zero-order valence-corrected chi connectivity index (χ0v) is 12.8. The van der Waals surface area contributed by atoms with Gasteiger partial charge in [-0.2, -0.15) is 0 Å². The smallest absolute Gasteiger partial charge is 0.270 e. The SMILES string of the molecule is COCCNC(=O)c1cc(N2CCCN(C)CC2)ccn1. The van der Waals surface area contributed by atoms with E-state index in [9.17, 15) is 4.79 Å². The third-order valence-corrected chi connectivity index (χ3v) is 3.65. The van der Waals surface area contributed by atoms with Crippen LogP contribution in [0.1, 0.15) is 16.9 Å². The fourth-order valence-electron chi connectivity index (χ4n) is 2.40. The highest BCUT2D eigenvalue weighted by molar-refractivity contribution is 5.93. The summed E-state index contributed by atoms with van der Waals surface area (Å²) in [5.74, 6) is -0.152. The Morgan fingerprint density at radius 2 is 2.24 bits per heavy atom. The van der Waals surface area contributed by atoms with E-state index in [4.69, 9.17) is 4.74 Å². The molecular formula is C15H24N4O2. The molecule has 2 heterocycles. The molecule has 1 saturated heterocycles. The molecule has 0 atom stereocenters. The molecule has 0 aliphatic carbocycles. The zero-order chi connectivity index (χ0) is 15.1. The Hall–Kier alpha value is -1.66. The van der Waals surface area contributed by atoms with Gasteiger partial charge in [-0.15, -0.1) is 0 Å². The largest absolute Gasteiger partial charge is 0.383 e. The molecule has 116 valence electrons. The van der Waals surface area contributed by atoms with Crippen molar-refractivity contribution in [1.29, 1.82) is 0 Å². The van der Waals surface area contributed by atoms with Gasteiger partial charge in [0.25, 0.3) is 5.91 Å². The van der Waals surface area contributed by atoms with Crippen molar-refractivity contribution in [1.82, 2.24) is 15.2 Å². The van der Waals surface area contributed by atoms with Crippen molar-refractivity contribution in [3.8, 4) is 0 Å². The lowest BCUT2D eigenvalue weighted by Crippen LogP contribution is -2.30. The summed E-state index contributed by atoms with van der Waals surface area (Å²) in [7, 11) is 3.76. The molecule has 1 amide bonds. The average Bonchev–Trinajstić information content (AvgIpc) is 2.72. The summed E-state index contributed by atoms with van der Waals surface area (Å²) >= 11 is 0. The van der Waals surface area contributed by atoms with Gasteiger partial charge in [0.15, 0.2) is 0 Å². The van der Waals surface area contributed by atoms with Crippen molar-refractivity contribution in [2.45, 2.75) is 6.42 Å². The molecule has 1 aromatic heterocycles. The molecule has 0 spiro atoms. The fraction of sp³-hybridized carbons (Fsp3) is 0.600. The van der Waals surface area contributed by atoms with Crippen LogP contribution in [0.25, 0.3) is 0 Å². The lowest BCUT2D eigenvalue weighted by Gasteiger charge is -2.23. The van der Waals surface area contributed by atoms with Gasteiger partial charge in [-0.25, -0.2) is 0 Å². The number of likely N-dealkylation sites (N-methyl/N-ethyl adjacent to an activating group) is 1. The van der Waals surface area contributed by atoms with Crippen LogP contribution in [0.15, 0.2) is 18.3 Å². The minimum Gasteiger partial charge on any atom is -0.383 e. The number of aromatic nitrogens is 1. The van der Waals surface area contributed by atoms with Crippen LogP contribution in [0.2, 0.25) is 0 Å². The first-order chi connectivity index (χ1) is 10.2. The van der Waals surface area contributed by atoms with Crippen LogP contribution in [-0.2, 0) is 4.74 Å². The molecule has 1 aliphatic heterocycles. The minimum absolute atomic E-state index is 0.152. The summed E-state index contributed by atoms with van der Waals surface area (Å²) in [6.45, 7) is 5.15. The summed E-state index contributed by atoms with van der Waals surface area (Å²) in [4.78, 5) is 20.8. The van der Waals surface area contributed by atoms with Crippen molar-refractivity contribution in [3.63, 3.8) is 0 Å². The first-order valence-corrected chi connectivity index (χ1v) is 7.37. The number of hydrogen-bond donors (Lipinski definition) is 1. The fourth-order valence-corrected chi connectivity index (χ4v) is 2.40. The zero-order valence-electron chi connectivity index (χ0n) is 12.8. The van der Waals surface area contributed by atoms with Gasteiger partial charge in [0.1, 0.15) is 5.69 Å². The Labute approximate surface area is 126 Å². The molecular weight excluding hydrogens is 268 g/mol. The number of amides is 1. The van der Waals surface area contributed by atoms with Crippen LogP contribution < -0.4 is 10.2 Å². The number of nitrogens with zero attached hydrogens (tertiary/aromatic N) is 3. The van der Waals surface area contributed by atoms with E-state index in [1.54, 1.807) is 13.3 Å². The highest BCUT2D eigenvalue weighted by atomic mass is 16.5. The van der Waals surface area contributed by atoms with E-state index in [1.807, 2.05) is 12.1 Å². The van der Waals surface area contributed by atoms with E-state index in [0.29, 0.717) is 18.8 Å². The number of carbonyl (C=O) groups excluding carboxylic acids is 1. The van der Waals surface area contributed by atoms with Crippen LogP contribution in [0.3, 0.4) is 0 Å². The van der Waals surface area contributed by atoms with Gasteiger partial charge in [-0.05, 0) is 32.1 Å². The molecule has 0 aromatic carbocycles. The Bertz CT molecular complexity index is 467. The first kappa shape index (κ1) is 15.7. The second kappa shape index (κ2) is 7.95. The molecule has 0 saturated carbocycles. The van der Waals surface area contributed by atoms with E-state index in [-0.39, 0.29) is 5.91 Å². The number of ether oxygens (including phenoxy) is 1. The molecule has 0 radical (unpaired) electrons. The predicted molar refractivity (Wildman–Crippen MR) is 82.8 cm³/mol. The van der Waals surface area contributed by atoms with Crippen LogP contribution in [-0.4, -0.2) is 69.3 Å². The van der Waals surface area contributed by atoms with E-state index in [1.165, 1.54) is 0 Å². The number of methoxy groups -OCH3 is 1. The average molecular weight is 292 g/mol. The molecule has 1 aliphatic rings. The summed E-state index contributed by atoms with van der Waals surface area (Å²) in [6, 6.07) is 3.84. The number of hydrogen-bond acceptors (Lipinski definition) is 5. The van der Waals surface area contributed by atoms with Gasteiger partial charge in [0.05, 0.1) is 6.61 Å². The predicted octanol–water partition coefficient (Wildman–Crippen LogP) is 0.600. The van der Waals surface area contributed by atoms with Crippen LogP contribution in [0, 0.1) is 0 Å². The molecule has 21 heavy (non-hydrogen) atoms. The first-order valence-electron chi connectivity index (χ1n) is 7.37. The topological polar surface area (TPSA) is 57.7 Å². The number of nitrogens with one attached hydrogen (secondary N) is 1. The number of carbonyl (C=O) groups is 1. The van der Waals surface area contributed by atoms with Gasteiger partial charge in [0, 0.05) is 45.2 Å². The number of pyridine rings is 1. The second-order valence-corrected chi connectivity index (χ2v) is 5.29. The monoisotopic (exact) mass is 292 g/mol. The minimum atomic E-state index is -0.152. The molecule has 1 fully saturated rings. The molecule has 2 rings (SSSR count). The number of rotatable bonds is 5. The Morgan fingerprint density at radius 1 is 1.38 bits per heavy atom. The normalized spacial score (nSPS) is 16.6. The lowest BCUT2D eigenvalue weighted by molar-refractivity contribution is 0.0932. The maximum Gasteiger partial charge on any atom is 0.270 e. The summed E-state index contributed by atoms with van der Waals surface area (Å²) < 4.78 is 4.92. The van der Waals surface area contributed by atoms with Gasteiger partial charge in [0.2, 0.25) is 0 Å². The van der Waals surface area contributed by atoms with Gasteiger partial charge >= 0.3 is 0 Å². The quantitative estimate of drug-likeness (QED) is 0.805. The van der Waals surface area contributed by atoms with Gasteiger partial charge in [-0.1, -0.05) is 0 Å². The van der Waals surface area contributed by atoms with E-state index in [0.717, 1.165) is 38.3 Å². The van der Waals surface area contributed by atoms with Gasteiger partial charge in [-0.3, -0.25) is 9.78 Å². The third-order valence-electron chi connectivity index (χ3n) is 3.65. The maximum absolute atomic E-state index is 12.0. The van der Waals surface area contributed by atoms with E-state index in [2.05, 4.69) is 27.1 Å². The van der Waals surface area contributed by atoms with Crippen molar-refractivity contribution in [3.05, 3.63) is 24.0 Å². The maximum atomic E-state index is 12.0. The van der Waals surface area contributed by atoms with Crippen LogP contribution in [0.4, 0.5) is 5.69 Å². The van der Waals surface area contributed by atoms with Crippen molar-refractivity contribution >= 4 is 11.6 Å². The molecule has 6 nitrogen and oxygen atoms in total. The van der Waals surface area contributed by atoms with Crippen molar-refractivity contribution in [2.24, 2.45) is 0 Å². The molecule has 0 bridgehead atoms. The summed E-state index contributed by atoms with van der Waals surface area (Å²) in [5, 5.41) is 2.80. The van der Waals surface area contributed by atoms with Crippen LogP contribution in [0.5, 0.6) is 0 Å². The standard InChI is InChI=1S/C15H24N4O2/c1-18-7-3-8-19(10-9-18)13-4-5-16-14(12-13)15(20)17-6-11-21-2/h4-5,12H,3,6-11H2,1-2H3,(H,17,20). The van der Waals surface area contributed by atoms with Crippen LogP contribution >= 0.6 is 0 Å². The lowest BCUT2D eigenvalue weighted by atomic mass is 10.2.